The quantitative estimate of drug-likeness (QED) is 0.368. The maximum absolute atomic E-state index is 13.9. The number of likely N-dealkylation sites (tertiary alicyclic amines) is 1. The summed E-state index contributed by atoms with van der Waals surface area (Å²) in [6.45, 7) is 10.2. The van der Waals surface area contributed by atoms with Crippen molar-refractivity contribution in [3.63, 3.8) is 0 Å². The van der Waals surface area contributed by atoms with Gasteiger partial charge in [-0.1, -0.05) is 36.8 Å². The summed E-state index contributed by atoms with van der Waals surface area (Å²) in [5, 5.41) is 0. The third-order valence-corrected chi connectivity index (χ3v) is 12.3. The molecule has 10 heteroatoms. The molecule has 248 valence electrons. The van der Waals surface area contributed by atoms with Crippen LogP contribution in [0.2, 0.25) is 0 Å². The SMILES string of the molecule is COc1cc(C)c(S(=O)(=O)N2CCCCC2COCC(=O)N2CCC(C(Cc3ccccc3)N3CCN(C)CC3)CC2)c(C)c1. The normalized spacial score (nSPS) is 22.0. The molecule has 0 bridgehead atoms. The zero-order valence-corrected chi connectivity index (χ0v) is 28.4. The number of sulfonamides is 1. The van der Waals surface area contributed by atoms with Gasteiger partial charge in [0, 0.05) is 57.9 Å². The monoisotopic (exact) mass is 640 g/mol. The molecule has 3 aliphatic rings. The lowest BCUT2D eigenvalue weighted by molar-refractivity contribution is -0.138. The van der Waals surface area contributed by atoms with Gasteiger partial charge in [0.15, 0.2) is 0 Å². The molecule has 0 spiro atoms. The molecule has 2 unspecified atom stereocenters. The van der Waals surface area contributed by atoms with E-state index in [4.69, 9.17) is 9.47 Å². The van der Waals surface area contributed by atoms with Crippen LogP contribution < -0.4 is 4.74 Å². The average molecular weight is 641 g/mol. The van der Waals surface area contributed by atoms with Crippen LogP contribution in [0.4, 0.5) is 0 Å². The molecule has 3 heterocycles. The number of benzene rings is 2. The number of amides is 1. The van der Waals surface area contributed by atoms with Crippen molar-refractivity contribution in [2.24, 2.45) is 5.92 Å². The third-order valence-electron chi connectivity index (χ3n) is 10.1. The molecule has 2 atom stereocenters. The molecule has 0 saturated carbocycles. The van der Waals surface area contributed by atoms with E-state index in [0.717, 1.165) is 77.8 Å². The molecule has 0 aromatic heterocycles. The summed E-state index contributed by atoms with van der Waals surface area (Å²) in [5.41, 5.74) is 2.73. The number of rotatable bonds is 11. The van der Waals surface area contributed by atoms with E-state index in [0.29, 0.717) is 40.3 Å². The second-order valence-electron chi connectivity index (χ2n) is 13.2. The van der Waals surface area contributed by atoms with Gasteiger partial charge in [0.05, 0.1) is 18.6 Å². The van der Waals surface area contributed by atoms with Crippen molar-refractivity contribution < 1.29 is 22.7 Å². The smallest absolute Gasteiger partial charge is 0.248 e. The van der Waals surface area contributed by atoms with Crippen molar-refractivity contribution >= 4 is 15.9 Å². The molecule has 3 saturated heterocycles. The minimum absolute atomic E-state index is 0.000262. The van der Waals surface area contributed by atoms with Crippen LogP contribution in [0.5, 0.6) is 5.75 Å². The highest BCUT2D eigenvalue weighted by Crippen LogP contribution is 2.32. The summed E-state index contributed by atoms with van der Waals surface area (Å²) in [5.74, 6) is 1.19. The lowest BCUT2D eigenvalue weighted by atomic mass is 9.84. The summed E-state index contributed by atoms with van der Waals surface area (Å²) in [7, 11) is 0.0598. The number of hydrogen-bond donors (Lipinski definition) is 0. The molecule has 0 radical (unpaired) electrons. The Hall–Kier alpha value is -2.50. The number of ether oxygens (including phenoxy) is 2. The Morgan fingerprint density at radius 2 is 1.58 bits per heavy atom. The second kappa shape index (κ2) is 15.4. The van der Waals surface area contributed by atoms with Gasteiger partial charge in [-0.3, -0.25) is 9.69 Å². The fourth-order valence-electron chi connectivity index (χ4n) is 7.52. The summed E-state index contributed by atoms with van der Waals surface area (Å²) in [6, 6.07) is 14.5. The molecule has 2 aromatic carbocycles. The van der Waals surface area contributed by atoms with E-state index in [-0.39, 0.29) is 25.2 Å². The fraction of sp³-hybridized carbons (Fsp3) is 0.629. The largest absolute Gasteiger partial charge is 0.497 e. The Morgan fingerprint density at radius 3 is 2.22 bits per heavy atom. The summed E-state index contributed by atoms with van der Waals surface area (Å²) >= 11 is 0. The van der Waals surface area contributed by atoms with Gasteiger partial charge >= 0.3 is 0 Å². The molecule has 2 aromatic rings. The Labute approximate surface area is 270 Å². The van der Waals surface area contributed by atoms with Gasteiger partial charge in [-0.15, -0.1) is 0 Å². The van der Waals surface area contributed by atoms with Crippen molar-refractivity contribution in [3.05, 3.63) is 59.2 Å². The van der Waals surface area contributed by atoms with Crippen molar-refractivity contribution in [1.29, 1.82) is 0 Å². The van der Waals surface area contributed by atoms with Gasteiger partial charge in [-0.2, -0.15) is 4.31 Å². The molecule has 0 N–H and O–H groups in total. The van der Waals surface area contributed by atoms with Gasteiger partial charge in [0.25, 0.3) is 0 Å². The van der Waals surface area contributed by atoms with Crippen molar-refractivity contribution in [2.75, 3.05) is 73.2 Å². The zero-order valence-electron chi connectivity index (χ0n) is 27.6. The lowest BCUT2D eigenvalue weighted by Gasteiger charge is -2.44. The molecule has 0 aliphatic carbocycles. The number of likely N-dealkylation sites (N-methyl/N-ethyl adjacent to an activating group) is 1. The third kappa shape index (κ3) is 8.27. The van der Waals surface area contributed by atoms with Crippen LogP contribution in [0.1, 0.15) is 48.8 Å². The molecule has 3 aliphatic heterocycles. The number of aryl methyl sites for hydroxylation is 2. The number of hydrogen-bond acceptors (Lipinski definition) is 7. The molecule has 9 nitrogen and oxygen atoms in total. The Morgan fingerprint density at radius 1 is 0.911 bits per heavy atom. The van der Waals surface area contributed by atoms with Crippen LogP contribution in [0.15, 0.2) is 47.4 Å². The first-order valence-electron chi connectivity index (χ1n) is 16.7. The van der Waals surface area contributed by atoms with Crippen LogP contribution in [-0.2, 0) is 26.0 Å². The Balaban J connectivity index is 1.15. The fourth-order valence-corrected chi connectivity index (χ4v) is 9.61. The molecular weight excluding hydrogens is 588 g/mol. The molecule has 1 amide bonds. The number of carbonyl (C=O) groups excluding carboxylic acids is 1. The van der Waals surface area contributed by atoms with Crippen LogP contribution in [-0.4, -0.2) is 119 Å². The minimum Gasteiger partial charge on any atom is -0.497 e. The zero-order chi connectivity index (χ0) is 32.0. The first kappa shape index (κ1) is 33.9. The van der Waals surface area contributed by atoms with Crippen molar-refractivity contribution in [1.82, 2.24) is 19.0 Å². The topological polar surface area (TPSA) is 82.6 Å². The second-order valence-corrected chi connectivity index (χ2v) is 15.0. The molecule has 3 fully saturated rings. The molecular formula is C35H52N4O5S. The van der Waals surface area contributed by atoms with Gasteiger partial charge < -0.3 is 19.3 Å². The van der Waals surface area contributed by atoms with Gasteiger partial charge in [0.2, 0.25) is 15.9 Å². The van der Waals surface area contributed by atoms with E-state index >= 15 is 0 Å². The molecule has 45 heavy (non-hydrogen) atoms. The van der Waals surface area contributed by atoms with Gasteiger partial charge in [-0.05, 0) is 87.7 Å². The van der Waals surface area contributed by atoms with Crippen LogP contribution in [0.25, 0.3) is 0 Å². The van der Waals surface area contributed by atoms with Gasteiger partial charge in [0.1, 0.15) is 12.4 Å². The van der Waals surface area contributed by atoms with Crippen molar-refractivity contribution in [3.8, 4) is 5.75 Å². The van der Waals surface area contributed by atoms with Crippen molar-refractivity contribution in [2.45, 2.75) is 69.4 Å². The van der Waals surface area contributed by atoms with E-state index in [2.05, 4.69) is 47.2 Å². The van der Waals surface area contributed by atoms with E-state index in [1.54, 1.807) is 23.5 Å². The van der Waals surface area contributed by atoms with E-state index in [1.165, 1.54) is 5.56 Å². The molecule has 5 rings (SSSR count). The highest BCUT2D eigenvalue weighted by Gasteiger charge is 2.37. The number of nitrogens with zero attached hydrogens (tertiary/aromatic N) is 4. The first-order valence-corrected chi connectivity index (χ1v) is 18.1. The highest BCUT2D eigenvalue weighted by molar-refractivity contribution is 7.89. The minimum atomic E-state index is -3.72. The predicted molar refractivity (Wildman–Crippen MR) is 177 cm³/mol. The summed E-state index contributed by atoms with van der Waals surface area (Å²) < 4.78 is 40.6. The number of piperidine rings is 2. The van der Waals surface area contributed by atoms with Crippen LogP contribution in [0, 0.1) is 19.8 Å². The standard InChI is InChI=1S/C35H52N4O5S/c1-27-22-32(43-4)23-28(2)35(27)45(41,42)39-15-9-8-12-31(39)25-44-26-34(40)38-16-13-30(14-17-38)33(24-29-10-6-5-7-11-29)37-20-18-36(3)19-21-37/h5-7,10-11,22-23,30-31,33H,8-9,12-21,24-26H2,1-4H3. The number of methoxy groups -OCH3 is 1. The summed E-state index contributed by atoms with van der Waals surface area (Å²) in [4.78, 5) is 20.6. The maximum atomic E-state index is 13.9. The highest BCUT2D eigenvalue weighted by atomic mass is 32.2. The van der Waals surface area contributed by atoms with Crippen LogP contribution >= 0.6 is 0 Å². The van der Waals surface area contributed by atoms with Crippen LogP contribution in [0.3, 0.4) is 0 Å². The van der Waals surface area contributed by atoms with E-state index in [1.807, 2.05) is 18.7 Å². The Bertz CT molecular complexity index is 1350. The van der Waals surface area contributed by atoms with E-state index in [9.17, 15) is 13.2 Å². The summed E-state index contributed by atoms with van der Waals surface area (Å²) in [6.07, 6.45) is 5.51. The maximum Gasteiger partial charge on any atom is 0.248 e. The number of carbonyl (C=O) groups is 1. The Kier molecular flexibility index (Phi) is 11.6. The number of piperazine rings is 1. The lowest BCUT2D eigenvalue weighted by Crippen LogP contribution is -2.54. The average Bonchev–Trinajstić information content (AvgIpc) is 3.04. The predicted octanol–water partition coefficient (Wildman–Crippen LogP) is 3.97. The van der Waals surface area contributed by atoms with E-state index < -0.39 is 10.0 Å². The first-order chi connectivity index (χ1) is 21.7. The van der Waals surface area contributed by atoms with Gasteiger partial charge in [-0.25, -0.2) is 8.42 Å².